The molecule has 0 atom stereocenters. The van der Waals surface area contributed by atoms with Gasteiger partial charge in [-0.15, -0.1) is 0 Å². The zero-order valence-corrected chi connectivity index (χ0v) is 9.56. The van der Waals surface area contributed by atoms with Crippen molar-refractivity contribution < 1.29 is 15.0 Å². The largest absolute Gasteiger partial charge is 0.504 e. The van der Waals surface area contributed by atoms with Crippen molar-refractivity contribution in [1.82, 2.24) is 5.32 Å². The monoisotopic (exact) mass is 253 g/mol. The summed E-state index contributed by atoms with van der Waals surface area (Å²) in [6, 6.07) is 4.54. The average molecular weight is 253 g/mol. The second kappa shape index (κ2) is 4.15. The van der Waals surface area contributed by atoms with Gasteiger partial charge >= 0.3 is 0 Å². The molecule has 1 aliphatic heterocycles. The fourth-order valence-corrected chi connectivity index (χ4v) is 2.26. The van der Waals surface area contributed by atoms with Crippen LogP contribution < -0.4 is 5.32 Å². The molecule has 1 saturated heterocycles. The Morgan fingerprint density at radius 3 is 2.75 bits per heavy atom. The number of para-hydroxylation sites is 1. The number of rotatable bonds is 1. The van der Waals surface area contributed by atoms with E-state index < -0.39 is 0 Å². The Hall–Kier alpha value is -1.53. The quantitative estimate of drug-likeness (QED) is 0.403. The molecular formula is C10H7NO3S2. The van der Waals surface area contributed by atoms with E-state index in [2.05, 4.69) is 5.32 Å². The van der Waals surface area contributed by atoms with Crippen molar-refractivity contribution in [2.75, 3.05) is 0 Å². The summed E-state index contributed by atoms with van der Waals surface area (Å²) in [5.41, 5.74) is 0.377. The number of carbonyl (C=O) groups excluding carboxylic acids is 1. The molecule has 1 amide bonds. The van der Waals surface area contributed by atoms with E-state index in [1.54, 1.807) is 12.1 Å². The molecule has 0 spiro atoms. The third-order valence-electron chi connectivity index (χ3n) is 1.97. The molecular weight excluding hydrogens is 246 g/mol. The molecule has 0 unspecified atom stereocenters. The molecule has 16 heavy (non-hydrogen) atoms. The van der Waals surface area contributed by atoms with Crippen molar-refractivity contribution in [3.8, 4) is 11.5 Å². The van der Waals surface area contributed by atoms with Crippen LogP contribution >= 0.6 is 24.0 Å². The molecule has 2 rings (SSSR count). The predicted molar refractivity (Wildman–Crippen MR) is 66.1 cm³/mol. The first-order valence-corrected chi connectivity index (χ1v) is 5.56. The molecule has 1 heterocycles. The van der Waals surface area contributed by atoms with Gasteiger partial charge in [-0.3, -0.25) is 4.79 Å². The number of phenols is 2. The Morgan fingerprint density at radius 2 is 2.12 bits per heavy atom. The van der Waals surface area contributed by atoms with Crippen LogP contribution in [0.25, 0.3) is 6.08 Å². The highest BCUT2D eigenvalue weighted by Gasteiger charge is 2.22. The fraction of sp³-hybridized carbons (Fsp3) is 0. The third-order valence-corrected chi connectivity index (χ3v) is 3.14. The predicted octanol–water partition coefficient (Wildman–Crippen LogP) is 1.59. The summed E-state index contributed by atoms with van der Waals surface area (Å²) >= 11 is 5.95. The van der Waals surface area contributed by atoms with Crippen LogP contribution in [-0.2, 0) is 4.79 Å². The van der Waals surface area contributed by atoms with E-state index in [1.807, 2.05) is 0 Å². The van der Waals surface area contributed by atoms with Gasteiger partial charge in [0.15, 0.2) is 11.5 Å². The van der Waals surface area contributed by atoms with E-state index in [-0.39, 0.29) is 17.4 Å². The summed E-state index contributed by atoms with van der Waals surface area (Å²) in [4.78, 5) is 11.7. The van der Waals surface area contributed by atoms with Crippen LogP contribution in [-0.4, -0.2) is 20.4 Å². The first-order chi connectivity index (χ1) is 7.58. The van der Waals surface area contributed by atoms with Gasteiger partial charge in [0.1, 0.15) is 4.32 Å². The smallest absolute Gasteiger partial charge is 0.263 e. The van der Waals surface area contributed by atoms with Crippen LogP contribution in [0.1, 0.15) is 5.56 Å². The number of thioether (sulfide) groups is 1. The normalized spacial score (nSPS) is 17.9. The number of hydrogen-bond acceptors (Lipinski definition) is 5. The molecule has 0 bridgehead atoms. The van der Waals surface area contributed by atoms with Crippen molar-refractivity contribution in [1.29, 1.82) is 0 Å². The zero-order valence-electron chi connectivity index (χ0n) is 7.93. The lowest BCUT2D eigenvalue weighted by Gasteiger charge is -2.01. The van der Waals surface area contributed by atoms with Crippen molar-refractivity contribution in [3.63, 3.8) is 0 Å². The Morgan fingerprint density at radius 1 is 1.38 bits per heavy atom. The molecule has 1 fully saturated rings. The maximum Gasteiger partial charge on any atom is 0.263 e. The Labute approximate surface area is 101 Å². The maximum absolute atomic E-state index is 11.4. The first-order valence-electron chi connectivity index (χ1n) is 4.34. The standard InChI is InChI=1S/C10H7NO3S2/c12-6-3-1-2-5(8(6)13)4-7-9(14)11-10(15)16-7/h1-4,12-13H,(H,11,14,15)/b7-4-. The highest BCUT2D eigenvalue weighted by molar-refractivity contribution is 8.26. The van der Waals surface area contributed by atoms with Gasteiger partial charge < -0.3 is 15.5 Å². The number of phenolic OH excluding ortho intramolecular Hbond substituents is 2. The summed E-state index contributed by atoms with van der Waals surface area (Å²) in [6.45, 7) is 0. The highest BCUT2D eigenvalue weighted by Crippen LogP contribution is 2.33. The van der Waals surface area contributed by atoms with Crippen LogP contribution in [0.2, 0.25) is 0 Å². The molecule has 0 aliphatic carbocycles. The molecule has 4 nitrogen and oxygen atoms in total. The van der Waals surface area contributed by atoms with E-state index in [0.717, 1.165) is 11.8 Å². The minimum absolute atomic E-state index is 0.222. The molecule has 1 aromatic carbocycles. The first kappa shape index (κ1) is 11.0. The van der Waals surface area contributed by atoms with E-state index in [1.165, 1.54) is 12.1 Å². The molecule has 3 N–H and O–H groups in total. The highest BCUT2D eigenvalue weighted by atomic mass is 32.2. The SMILES string of the molecule is O=C1NC(=S)S/C1=C\c1cccc(O)c1O. The summed E-state index contributed by atoms with van der Waals surface area (Å²) in [7, 11) is 0. The Bertz CT molecular complexity index is 511. The van der Waals surface area contributed by atoms with Crippen LogP contribution in [0.4, 0.5) is 0 Å². The van der Waals surface area contributed by atoms with Gasteiger partial charge in [0.05, 0.1) is 4.91 Å². The van der Waals surface area contributed by atoms with Crippen LogP contribution in [0.15, 0.2) is 23.1 Å². The van der Waals surface area contributed by atoms with Gasteiger partial charge in [-0.05, 0) is 12.1 Å². The van der Waals surface area contributed by atoms with Crippen molar-refractivity contribution >= 4 is 40.3 Å². The average Bonchev–Trinajstić information content (AvgIpc) is 2.53. The Kier molecular flexibility index (Phi) is 2.84. The second-order valence-corrected chi connectivity index (χ2v) is 4.79. The molecule has 82 valence electrons. The van der Waals surface area contributed by atoms with Gasteiger partial charge in [0, 0.05) is 5.56 Å². The van der Waals surface area contributed by atoms with Crippen LogP contribution in [0, 0.1) is 0 Å². The van der Waals surface area contributed by atoms with Crippen LogP contribution in [0.3, 0.4) is 0 Å². The maximum atomic E-state index is 11.4. The summed E-state index contributed by atoms with van der Waals surface area (Å²) in [5.74, 6) is -0.765. The van der Waals surface area contributed by atoms with E-state index in [0.29, 0.717) is 14.8 Å². The Balaban J connectivity index is 2.40. The van der Waals surface area contributed by atoms with Gasteiger partial charge in [-0.25, -0.2) is 0 Å². The number of carbonyl (C=O) groups is 1. The van der Waals surface area contributed by atoms with Crippen LogP contribution in [0.5, 0.6) is 11.5 Å². The summed E-state index contributed by atoms with van der Waals surface area (Å²) in [5, 5.41) is 21.3. The number of thiocarbonyl (C=S) groups is 1. The lowest BCUT2D eigenvalue weighted by molar-refractivity contribution is -0.115. The second-order valence-electron chi connectivity index (χ2n) is 3.07. The van der Waals surface area contributed by atoms with Crippen molar-refractivity contribution in [2.45, 2.75) is 0 Å². The fourth-order valence-electron chi connectivity index (χ4n) is 1.23. The number of benzene rings is 1. The number of hydrogen-bond donors (Lipinski definition) is 3. The minimum atomic E-state index is -0.294. The lowest BCUT2D eigenvalue weighted by Crippen LogP contribution is -2.17. The minimum Gasteiger partial charge on any atom is -0.504 e. The van der Waals surface area contributed by atoms with Gasteiger partial charge in [-0.1, -0.05) is 36.1 Å². The van der Waals surface area contributed by atoms with E-state index in [4.69, 9.17) is 12.2 Å². The molecule has 1 aromatic rings. The molecule has 6 heteroatoms. The van der Waals surface area contributed by atoms with Crippen molar-refractivity contribution in [2.24, 2.45) is 0 Å². The van der Waals surface area contributed by atoms with Crippen molar-refractivity contribution in [3.05, 3.63) is 28.7 Å². The number of aromatic hydroxyl groups is 2. The van der Waals surface area contributed by atoms with Gasteiger partial charge in [0.25, 0.3) is 5.91 Å². The number of amides is 1. The zero-order chi connectivity index (χ0) is 11.7. The molecule has 0 radical (unpaired) electrons. The summed E-state index contributed by atoms with van der Waals surface area (Å²) < 4.78 is 0.385. The molecule has 0 saturated carbocycles. The lowest BCUT2D eigenvalue weighted by atomic mass is 10.1. The third kappa shape index (κ3) is 2.02. The van der Waals surface area contributed by atoms with E-state index >= 15 is 0 Å². The molecule has 1 aliphatic rings. The number of nitrogens with one attached hydrogen (secondary N) is 1. The molecule has 0 aromatic heterocycles. The topological polar surface area (TPSA) is 69.6 Å². The van der Waals surface area contributed by atoms with Gasteiger partial charge in [-0.2, -0.15) is 0 Å². The summed E-state index contributed by atoms with van der Waals surface area (Å²) in [6.07, 6.45) is 1.48. The van der Waals surface area contributed by atoms with E-state index in [9.17, 15) is 15.0 Å². The van der Waals surface area contributed by atoms with Gasteiger partial charge in [0.2, 0.25) is 0 Å².